The van der Waals surface area contributed by atoms with Crippen LogP contribution in [0.1, 0.15) is 17.3 Å². The van der Waals surface area contributed by atoms with E-state index in [2.05, 4.69) is 5.32 Å². The van der Waals surface area contributed by atoms with E-state index in [-0.39, 0.29) is 12.1 Å². The maximum atomic E-state index is 12.2. The molecule has 1 N–H and O–H groups in total. The summed E-state index contributed by atoms with van der Waals surface area (Å²) in [5.74, 6) is -0.192. The van der Waals surface area contributed by atoms with Gasteiger partial charge in [0.1, 0.15) is 13.2 Å². The Bertz CT molecular complexity index is 659. The second-order valence-corrected chi connectivity index (χ2v) is 5.13. The van der Waals surface area contributed by atoms with Crippen molar-refractivity contribution >= 4 is 17.9 Å². The molecular weight excluding hydrogens is 304 g/mol. The topological polar surface area (TPSA) is 94.2 Å². The fourth-order valence-corrected chi connectivity index (χ4v) is 2.35. The van der Waals surface area contributed by atoms with E-state index < -0.39 is 24.0 Å². The molecule has 0 aliphatic carbocycles. The first-order chi connectivity index (χ1) is 11.1. The highest BCUT2D eigenvalue weighted by molar-refractivity contribution is 5.99. The number of ether oxygens (including phenoxy) is 3. The number of imide groups is 1. The van der Waals surface area contributed by atoms with Crippen LogP contribution in [0.25, 0.3) is 0 Å². The maximum absolute atomic E-state index is 12.2. The smallest absolute Gasteiger partial charge is 0.339 e. The summed E-state index contributed by atoms with van der Waals surface area (Å²) in [6, 6.07) is 4.19. The molecule has 1 aromatic rings. The molecule has 0 aromatic heterocycles. The largest absolute Gasteiger partial charge is 0.486 e. The van der Waals surface area contributed by atoms with Gasteiger partial charge in [0.2, 0.25) is 0 Å². The van der Waals surface area contributed by atoms with Crippen molar-refractivity contribution in [1.29, 1.82) is 0 Å². The Balaban J connectivity index is 1.66. The van der Waals surface area contributed by atoms with Gasteiger partial charge in [-0.05, 0) is 25.1 Å². The molecule has 8 nitrogen and oxygen atoms in total. The number of carbonyl (C=O) groups excluding carboxylic acids is 3. The van der Waals surface area contributed by atoms with Crippen LogP contribution in [-0.4, -0.2) is 55.2 Å². The molecule has 1 saturated heterocycles. The Labute approximate surface area is 132 Å². The number of benzene rings is 1. The van der Waals surface area contributed by atoms with Gasteiger partial charge >= 0.3 is 12.0 Å². The van der Waals surface area contributed by atoms with Crippen LogP contribution in [0.2, 0.25) is 0 Å². The average Bonchev–Trinajstić information content (AvgIpc) is 2.99. The minimum atomic E-state index is -1.06. The lowest BCUT2D eigenvalue weighted by molar-refractivity contribution is -0.136. The third kappa shape index (κ3) is 3.05. The predicted molar refractivity (Wildman–Crippen MR) is 77.4 cm³/mol. The van der Waals surface area contributed by atoms with Gasteiger partial charge < -0.3 is 19.5 Å². The predicted octanol–water partition coefficient (Wildman–Crippen LogP) is 0.555. The van der Waals surface area contributed by atoms with Crippen LogP contribution in [0.4, 0.5) is 4.79 Å². The summed E-state index contributed by atoms with van der Waals surface area (Å²) in [5.41, 5.74) is 0.250. The Kier molecular flexibility index (Phi) is 4.05. The molecule has 0 radical (unpaired) electrons. The van der Waals surface area contributed by atoms with Gasteiger partial charge in [-0.3, -0.25) is 9.69 Å². The van der Waals surface area contributed by atoms with Gasteiger partial charge in [0, 0.05) is 13.1 Å². The maximum Gasteiger partial charge on any atom is 0.339 e. The van der Waals surface area contributed by atoms with Crippen LogP contribution in [0.15, 0.2) is 18.2 Å². The monoisotopic (exact) mass is 320 g/mol. The second kappa shape index (κ2) is 6.15. The van der Waals surface area contributed by atoms with E-state index in [9.17, 15) is 14.4 Å². The molecule has 2 aliphatic heterocycles. The van der Waals surface area contributed by atoms with Gasteiger partial charge in [-0.25, -0.2) is 9.59 Å². The van der Waals surface area contributed by atoms with Gasteiger partial charge in [0.15, 0.2) is 17.6 Å². The summed E-state index contributed by atoms with van der Waals surface area (Å²) < 4.78 is 15.9. The highest BCUT2D eigenvalue weighted by Crippen LogP contribution is 2.31. The van der Waals surface area contributed by atoms with E-state index in [4.69, 9.17) is 14.2 Å². The van der Waals surface area contributed by atoms with E-state index >= 15 is 0 Å². The van der Waals surface area contributed by atoms with Crippen molar-refractivity contribution in [2.24, 2.45) is 0 Å². The van der Waals surface area contributed by atoms with Crippen LogP contribution in [0.3, 0.4) is 0 Å². The van der Waals surface area contributed by atoms with Crippen molar-refractivity contribution in [2.75, 3.05) is 26.3 Å². The van der Waals surface area contributed by atoms with Gasteiger partial charge in [-0.1, -0.05) is 0 Å². The number of urea groups is 1. The summed E-state index contributed by atoms with van der Waals surface area (Å²) in [6.45, 7) is 2.96. The van der Waals surface area contributed by atoms with E-state index in [0.717, 1.165) is 4.90 Å². The van der Waals surface area contributed by atoms with Gasteiger partial charge in [0.05, 0.1) is 5.56 Å². The van der Waals surface area contributed by atoms with Crippen LogP contribution < -0.4 is 14.8 Å². The zero-order valence-electron chi connectivity index (χ0n) is 12.5. The van der Waals surface area contributed by atoms with Gasteiger partial charge in [0.25, 0.3) is 5.91 Å². The van der Waals surface area contributed by atoms with Crippen LogP contribution in [-0.2, 0) is 9.53 Å². The number of hydrogen-bond donors (Lipinski definition) is 1. The molecule has 0 spiro atoms. The van der Waals surface area contributed by atoms with E-state index in [1.807, 2.05) is 0 Å². The molecule has 122 valence electrons. The summed E-state index contributed by atoms with van der Waals surface area (Å²) in [7, 11) is 0. The number of carbonyl (C=O) groups is 3. The fraction of sp³-hybridized carbons (Fsp3) is 0.400. The minimum absolute atomic E-state index is 0.250. The Morgan fingerprint density at radius 3 is 2.70 bits per heavy atom. The fourth-order valence-electron chi connectivity index (χ4n) is 2.35. The molecule has 2 heterocycles. The normalized spacial score (nSPS) is 17.4. The molecule has 3 rings (SSSR count). The number of rotatable bonds is 3. The highest BCUT2D eigenvalue weighted by Gasteiger charge is 2.32. The molecule has 23 heavy (non-hydrogen) atoms. The molecule has 0 unspecified atom stereocenters. The Morgan fingerprint density at radius 2 is 2.00 bits per heavy atom. The summed E-state index contributed by atoms with van der Waals surface area (Å²) in [4.78, 5) is 36.7. The zero-order chi connectivity index (χ0) is 16.4. The number of hydrogen-bond acceptors (Lipinski definition) is 6. The van der Waals surface area contributed by atoms with Crippen molar-refractivity contribution < 1.29 is 28.6 Å². The quantitative estimate of drug-likeness (QED) is 0.818. The first-order valence-electron chi connectivity index (χ1n) is 7.26. The number of esters is 1. The first-order valence-corrected chi connectivity index (χ1v) is 7.26. The highest BCUT2D eigenvalue weighted by atomic mass is 16.6. The van der Waals surface area contributed by atoms with Crippen molar-refractivity contribution in [1.82, 2.24) is 10.2 Å². The lowest BCUT2D eigenvalue weighted by Crippen LogP contribution is -2.41. The average molecular weight is 320 g/mol. The molecule has 3 amide bonds. The molecule has 1 fully saturated rings. The lowest BCUT2D eigenvalue weighted by atomic mass is 10.2. The Morgan fingerprint density at radius 1 is 1.26 bits per heavy atom. The molecular formula is C15H16N2O6. The lowest BCUT2D eigenvalue weighted by Gasteiger charge is -2.20. The minimum Gasteiger partial charge on any atom is -0.486 e. The van der Waals surface area contributed by atoms with Crippen molar-refractivity contribution in [3.63, 3.8) is 0 Å². The van der Waals surface area contributed by atoms with Gasteiger partial charge in [-0.2, -0.15) is 0 Å². The van der Waals surface area contributed by atoms with Crippen molar-refractivity contribution in [3.8, 4) is 11.5 Å². The number of nitrogens with zero attached hydrogens (tertiary/aromatic N) is 1. The number of nitrogens with one attached hydrogen (secondary N) is 1. The molecule has 1 atom stereocenters. The second-order valence-electron chi connectivity index (χ2n) is 5.13. The van der Waals surface area contributed by atoms with Crippen LogP contribution in [0.5, 0.6) is 11.5 Å². The molecule has 0 saturated carbocycles. The SMILES string of the molecule is C[C@@H](OC(=O)c1ccc2c(c1)OCCO2)C(=O)N1CCNC1=O. The summed E-state index contributed by atoms with van der Waals surface area (Å²) in [5, 5.41) is 2.52. The van der Waals surface area contributed by atoms with E-state index in [1.165, 1.54) is 19.1 Å². The standard InChI is InChI=1S/C15H16N2O6/c1-9(13(18)17-5-4-16-15(17)20)23-14(19)10-2-3-11-12(8-10)22-7-6-21-11/h2-3,8-9H,4-7H2,1H3,(H,16,20)/t9-/m1/s1. The third-order valence-corrected chi connectivity index (χ3v) is 3.53. The Hall–Kier alpha value is -2.77. The number of amides is 3. The number of fused-ring (bicyclic) bond motifs is 1. The molecule has 0 bridgehead atoms. The molecule has 1 aromatic carbocycles. The van der Waals surface area contributed by atoms with Crippen molar-refractivity contribution in [2.45, 2.75) is 13.0 Å². The first kappa shape index (κ1) is 15.1. The molecule has 8 heteroatoms. The van der Waals surface area contributed by atoms with Crippen LogP contribution in [0, 0.1) is 0 Å². The van der Waals surface area contributed by atoms with Crippen LogP contribution >= 0.6 is 0 Å². The van der Waals surface area contributed by atoms with E-state index in [1.54, 1.807) is 6.07 Å². The van der Waals surface area contributed by atoms with E-state index in [0.29, 0.717) is 31.3 Å². The van der Waals surface area contributed by atoms with Crippen molar-refractivity contribution in [3.05, 3.63) is 23.8 Å². The zero-order valence-corrected chi connectivity index (χ0v) is 12.5. The summed E-state index contributed by atoms with van der Waals surface area (Å²) in [6.07, 6.45) is -1.06. The third-order valence-electron chi connectivity index (χ3n) is 3.53. The summed E-state index contributed by atoms with van der Waals surface area (Å²) >= 11 is 0. The van der Waals surface area contributed by atoms with Gasteiger partial charge in [-0.15, -0.1) is 0 Å². The molecule has 2 aliphatic rings.